The van der Waals surface area contributed by atoms with Gasteiger partial charge in [-0.2, -0.15) is 0 Å². The summed E-state index contributed by atoms with van der Waals surface area (Å²) in [6.07, 6.45) is 4.14. The fraction of sp³-hybridized carbons (Fsp3) is 0.778. The van der Waals surface area contributed by atoms with Crippen LogP contribution in [-0.2, 0) is 9.59 Å². The Bertz CT molecular complexity index is 172. The number of Topliss-reactive ketones (excluding diaryl/α,β-unsaturated/α-hetero) is 2. The summed E-state index contributed by atoms with van der Waals surface area (Å²) in [5.41, 5.74) is 0. The molecule has 2 heteroatoms. The van der Waals surface area contributed by atoms with E-state index in [1.807, 2.05) is 0 Å². The van der Waals surface area contributed by atoms with Gasteiger partial charge in [0, 0.05) is 12.8 Å². The van der Waals surface area contributed by atoms with Crippen molar-refractivity contribution in [1.29, 1.82) is 0 Å². The van der Waals surface area contributed by atoms with Crippen molar-refractivity contribution in [2.24, 2.45) is 5.92 Å². The van der Waals surface area contributed by atoms with Crippen LogP contribution >= 0.6 is 0 Å². The number of ketones is 2. The third-order valence-electron chi connectivity index (χ3n) is 2.26. The third kappa shape index (κ3) is 2.14. The van der Waals surface area contributed by atoms with Crippen molar-refractivity contribution in [1.82, 2.24) is 0 Å². The van der Waals surface area contributed by atoms with Crippen LogP contribution < -0.4 is 0 Å². The molecular formula is C9H14O2. The number of hydrogen-bond acceptors (Lipinski definition) is 2. The summed E-state index contributed by atoms with van der Waals surface area (Å²) in [6, 6.07) is 0. The van der Waals surface area contributed by atoms with Crippen LogP contribution in [-0.4, -0.2) is 11.6 Å². The van der Waals surface area contributed by atoms with Gasteiger partial charge in [0.15, 0.2) is 11.6 Å². The number of carbonyl (C=O) groups excluding carboxylic acids is 2. The highest BCUT2D eigenvalue weighted by Crippen LogP contribution is 2.23. The molecule has 0 aromatic heterocycles. The van der Waals surface area contributed by atoms with E-state index in [2.05, 4.69) is 6.92 Å². The Morgan fingerprint density at radius 3 is 2.64 bits per heavy atom. The van der Waals surface area contributed by atoms with Gasteiger partial charge >= 0.3 is 0 Å². The third-order valence-corrected chi connectivity index (χ3v) is 2.26. The summed E-state index contributed by atoms with van der Waals surface area (Å²) in [4.78, 5) is 21.7. The highest BCUT2D eigenvalue weighted by molar-refractivity contribution is 6.37. The predicted molar refractivity (Wildman–Crippen MR) is 42.3 cm³/mol. The molecule has 0 aliphatic heterocycles. The molecular weight excluding hydrogens is 140 g/mol. The molecule has 1 saturated carbocycles. The quantitative estimate of drug-likeness (QED) is 0.567. The fourth-order valence-electron chi connectivity index (χ4n) is 1.61. The van der Waals surface area contributed by atoms with Gasteiger partial charge in [-0.15, -0.1) is 0 Å². The van der Waals surface area contributed by atoms with E-state index in [4.69, 9.17) is 0 Å². The maximum absolute atomic E-state index is 10.9. The lowest BCUT2D eigenvalue weighted by Crippen LogP contribution is -2.24. The van der Waals surface area contributed by atoms with E-state index in [0.29, 0.717) is 18.8 Å². The van der Waals surface area contributed by atoms with Gasteiger partial charge < -0.3 is 0 Å². The normalized spacial score (nSPS) is 25.7. The van der Waals surface area contributed by atoms with Crippen molar-refractivity contribution in [2.45, 2.75) is 39.0 Å². The first-order chi connectivity index (χ1) is 5.24. The Morgan fingerprint density at radius 2 is 2.09 bits per heavy atom. The molecule has 0 amide bonds. The van der Waals surface area contributed by atoms with E-state index in [0.717, 1.165) is 19.3 Å². The molecule has 0 aromatic rings. The van der Waals surface area contributed by atoms with Crippen molar-refractivity contribution in [3.05, 3.63) is 0 Å². The minimum atomic E-state index is -0.155. The molecule has 1 fully saturated rings. The molecule has 0 spiro atoms. The molecule has 2 nitrogen and oxygen atoms in total. The minimum Gasteiger partial charge on any atom is -0.291 e. The first-order valence-electron chi connectivity index (χ1n) is 4.30. The lowest BCUT2D eigenvalue weighted by molar-refractivity contribution is -0.139. The zero-order chi connectivity index (χ0) is 8.27. The molecule has 1 rings (SSSR count). The average Bonchev–Trinajstić information content (AvgIpc) is 1.98. The van der Waals surface area contributed by atoms with Gasteiger partial charge in [0.05, 0.1) is 0 Å². The Kier molecular flexibility index (Phi) is 2.80. The summed E-state index contributed by atoms with van der Waals surface area (Å²) in [5.74, 6) is 0.192. The zero-order valence-corrected chi connectivity index (χ0v) is 6.93. The highest BCUT2D eigenvalue weighted by Gasteiger charge is 2.25. The largest absolute Gasteiger partial charge is 0.291 e. The molecule has 1 unspecified atom stereocenters. The number of carbonyl (C=O) groups is 2. The second-order valence-corrected chi connectivity index (χ2v) is 3.24. The van der Waals surface area contributed by atoms with E-state index in [9.17, 15) is 9.59 Å². The summed E-state index contributed by atoms with van der Waals surface area (Å²) in [7, 11) is 0. The predicted octanol–water partition coefficient (Wildman–Crippen LogP) is 1.72. The van der Waals surface area contributed by atoms with Crippen molar-refractivity contribution in [3.63, 3.8) is 0 Å². The van der Waals surface area contributed by atoms with Crippen LogP contribution in [0.15, 0.2) is 0 Å². The molecule has 0 bridgehead atoms. The van der Waals surface area contributed by atoms with Gasteiger partial charge in [-0.25, -0.2) is 0 Å². The van der Waals surface area contributed by atoms with Crippen LogP contribution in [0.2, 0.25) is 0 Å². The van der Waals surface area contributed by atoms with Crippen molar-refractivity contribution >= 4 is 11.6 Å². The van der Waals surface area contributed by atoms with E-state index < -0.39 is 0 Å². The minimum absolute atomic E-state index is 0.144. The molecule has 1 atom stereocenters. The SMILES string of the molecule is CCCC1CCC(=O)C(=O)C1. The molecule has 0 aromatic carbocycles. The Balaban J connectivity index is 2.40. The standard InChI is InChI=1S/C9H14O2/c1-2-3-7-4-5-8(10)9(11)6-7/h7H,2-6H2,1H3. The lowest BCUT2D eigenvalue weighted by atomic mass is 9.85. The van der Waals surface area contributed by atoms with Crippen molar-refractivity contribution in [2.75, 3.05) is 0 Å². The van der Waals surface area contributed by atoms with Crippen LogP contribution in [0.3, 0.4) is 0 Å². The number of rotatable bonds is 2. The fourth-order valence-corrected chi connectivity index (χ4v) is 1.61. The Labute approximate surface area is 67.0 Å². The Hall–Kier alpha value is -0.660. The zero-order valence-electron chi connectivity index (χ0n) is 6.93. The molecule has 0 radical (unpaired) electrons. The molecule has 11 heavy (non-hydrogen) atoms. The molecule has 1 aliphatic rings. The molecule has 62 valence electrons. The lowest BCUT2D eigenvalue weighted by Gasteiger charge is -2.18. The van der Waals surface area contributed by atoms with E-state index in [1.165, 1.54) is 0 Å². The van der Waals surface area contributed by atoms with Gasteiger partial charge in [-0.1, -0.05) is 19.8 Å². The maximum atomic E-state index is 10.9. The van der Waals surface area contributed by atoms with Gasteiger partial charge in [0.2, 0.25) is 0 Å². The van der Waals surface area contributed by atoms with Crippen LogP contribution in [0.5, 0.6) is 0 Å². The van der Waals surface area contributed by atoms with Gasteiger partial charge in [-0.05, 0) is 12.3 Å². The van der Waals surface area contributed by atoms with Gasteiger partial charge in [0.1, 0.15) is 0 Å². The first-order valence-corrected chi connectivity index (χ1v) is 4.30. The summed E-state index contributed by atoms with van der Waals surface area (Å²) >= 11 is 0. The molecule has 1 aliphatic carbocycles. The van der Waals surface area contributed by atoms with Crippen molar-refractivity contribution in [3.8, 4) is 0 Å². The maximum Gasteiger partial charge on any atom is 0.198 e. The molecule has 0 heterocycles. The van der Waals surface area contributed by atoms with Crippen LogP contribution in [0.4, 0.5) is 0 Å². The molecule has 0 saturated heterocycles. The van der Waals surface area contributed by atoms with Crippen LogP contribution in [0.25, 0.3) is 0 Å². The summed E-state index contributed by atoms with van der Waals surface area (Å²) < 4.78 is 0. The van der Waals surface area contributed by atoms with E-state index >= 15 is 0 Å². The van der Waals surface area contributed by atoms with E-state index in [-0.39, 0.29) is 11.6 Å². The summed E-state index contributed by atoms with van der Waals surface area (Å²) in [6.45, 7) is 2.11. The highest BCUT2D eigenvalue weighted by atomic mass is 16.2. The van der Waals surface area contributed by atoms with Gasteiger partial charge in [0.25, 0.3) is 0 Å². The second kappa shape index (κ2) is 3.65. The van der Waals surface area contributed by atoms with E-state index in [1.54, 1.807) is 0 Å². The van der Waals surface area contributed by atoms with Crippen LogP contribution in [0, 0.1) is 5.92 Å². The second-order valence-electron chi connectivity index (χ2n) is 3.24. The smallest absolute Gasteiger partial charge is 0.198 e. The Morgan fingerprint density at radius 1 is 1.36 bits per heavy atom. The summed E-state index contributed by atoms with van der Waals surface area (Å²) in [5, 5.41) is 0. The topological polar surface area (TPSA) is 34.1 Å². The number of hydrogen-bond donors (Lipinski definition) is 0. The monoisotopic (exact) mass is 154 g/mol. The first kappa shape index (κ1) is 8.44. The van der Waals surface area contributed by atoms with Crippen molar-refractivity contribution < 1.29 is 9.59 Å². The van der Waals surface area contributed by atoms with Crippen LogP contribution in [0.1, 0.15) is 39.0 Å². The average molecular weight is 154 g/mol. The van der Waals surface area contributed by atoms with Gasteiger partial charge in [-0.3, -0.25) is 9.59 Å². The molecule has 0 N–H and O–H groups in total.